The van der Waals surface area contributed by atoms with Crippen molar-refractivity contribution in [3.63, 3.8) is 0 Å². The van der Waals surface area contributed by atoms with Gasteiger partial charge in [0.05, 0.1) is 6.54 Å². The van der Waals surface area contributed by atoms with Gasteiger partial charge in [0.15, 0.2) is 5.17 Å². The van der Waals surface area contributed by atoms with Crippen molar-refractivity contribution in [3.8, 4) is 0 Å². The largest absolute Gasteiger partial charge is 0.362 e. The molecule has 3 heteroatoms. The summed E-state index contributed by atoms with van der Waals surface area (Å²) in [5.41, 5.74) is 0.496. The molecule has 1 heterocycles. The highest BCUT2D eigenvalue weighted by Crippen LogP contribution is 2.45. The first-order valence-corrected chi connectivity index (χ1v) is 7.42. The Morgan fingerprint density at radius 1 is 1.44 bits per heavy atom. The number of aliphatic imine (C=N–C) groups is 1. The van der Waals surface area contributed by atoms with Crippen molar-refractivity contribution in [2.45, 2.75) is 58.2 Å². The number of hydrogen-bond donors (Lipinski definition) is 1. The summed E-state index contributed by atoms with van der Waals surface area (Å²) in [5, 5.41) is 5.51. The molecule has 0 spiro atoms. The maximum atomic E-state index is 4.65. The van der Waals surface area contributed by atoms with Crippen molar-refractivity contribution in [1.29, 1.82) is 0 Å². The molecule has 2 aliphatic rings. The summed E-state index contributed by atoms with van der Waals surface area (Å²) in [4.78, 5) is 4.65. The summed E-state index contributed by atoms with van der Waals surface area (Å²) in [6.07, 6.45) is 3.86. The van der Waals surface area contributed by atoms with Crippen LogP contribution in [0.15, 0.2) is 4.99 Å². The number of hydrogen-bond acceptors (Lipinski definition) is 3. The molecule has 1 saturated carbocycles. The lowest BCUT2D eigenvalue weighted by atomic mass is 9.99. The van der Waals surface area contributed by atoms with Crippen molar-refractivity contribution in [1.82, 2.24) is 5.32 Å². The molecule has 2 unspecified atom stereocenters. The van der Waals surface area contributed by atoms with Crippen LogP contribution in [0.4, 0.5) is 0 Å². The van der Waals surface area contributed by atoms with Crippen molar-refractivity contribution < 1.29 is 0 Å². The van der Waals surface area contributed by atoms with E-state index in [0.717, 1.165) is 17.7 Å². The molecular weight excluding hydrogens is 216 g/mol. The second-order valence-corrected chi connectivity index (χ2v) is 7.00. The van der Waals surface area contributed by atoms with Crippen LogP contribution in [0, 0.1) is 11.3 Å². The lowest BCUT2D eigenvalue weighted by Gasteiger charge is -2.18. The maximum Gasteiger partial charge on any atom is 0.157 e. The fourth-order valence-corrected chi connectivity index (χ4v) is 3.77. The first-order valence-electron chi connectivity index (χ1n) is 6.54. The van der Waals surface area contributed by atoms with Crippen LogP contribution in [0.3, 0.4) is 0 Å². The average Bonchev–Trinajstić information content (AvgIpc) is 2.64. The van der Waals surface area contributed by atoms with Gasteiger partial charge in [0.25, 0.3) is 0 Å². The van der Waals surface area contributed by atoms with Crippen LogP contribution in [-0.2, 0) is 0 Å². The van der Waals surface area contributed by atoms with E-state index in [-0.39, 0.29) is 0 Å². The summed E-state index contributed by atoms with van der Waals surface area (Å²) in [7, 11) is 0. The van der Waals surface area contributed by atoms with Gasteiger partial charge in [-0.25, -0.2) is 0 Å². The van der Waals surface area contributed by atoms with E-state index in [4.69, 9.17) is 0 Å². The van der Waals surface area contributed by atoms with Gasteiger partial charge in [-0.1, -0.05) is 52.3 Å². The van der Waals surface area contributed by atoms with Gasteiger partial charge in [0.1, 0.15) is 0 Å². The van der Waals surface area contributed by atoms with Crippen molar-refractivity contribution in [3.05, 3.63) is 0 Å². The SMILES string of the molecule is CCC(CC)C1CN=C(NC2CC2(C)C)S1. The fourth-order valence-electron chi connectivity index (χ4n) is 2.39. The third-order valence-electron chi connectivity index (χ3n) is 4.06. The van der Waals surface area contributed by atoms with E-state index in [1.807, 2.05) is 11.8 Å². The summed E-state index contributed by atoms with van der Waals surface area (Å²) in [6.45, 7) is 10.3. The minimum atomic E-state index is 0.496. The Bertz CT molecular complexity index is 282. The lowest BCUT2D eigenvalue weighted by molar-refractivity contribution is 0.479. The van der Waals surface area contributed by atoms with E-state index in [2.05, 4.69) is 38.0 Å². The van der Waals surface area contributed by atoms with Gasteiger partial charge >= 0.3 is 0 Å². The Morgan fingerprint density at radius 2 is 2.06 bits per heavy atom. The molecule has 0 bridgehead atoms. The summed E-state index contributed by atoms with van der Waals surface area (Å²) in [6, 6.07) is 0.666. The summed E-state index contributed by atoms with van der Waals surface area (Å²) in [5.74, 6) is 0.834. The third-order valence-corrected chi connectivity index (χ3v) is 5.37. The van der Waals surface area contributed by atoms with E-state index >= 15 is 0 Å². The van der Waals surface area contributed by atoms with Gasteiger partial charge < -0.3 is 5.32 Å². The summed E-state index contributed by atoms with van der Waals surface area (Å²) >= 11 is 1.98. The molecule has 0 saturated heterocycles. The molecule has 0 aromatic carbocycles. The number of thioether (sulfide) groups is 1. The second-order valence-electron chi connectivity index (χ2n) is 5.77. The normalized spacial score (nSPS) is 31.7. The van der Waals surface area contributed by atoms with Crippen LogP contribution in [0.5, 0.6) is 0 Å². The minimum absolute atomic E-state index is 0.496. The average molecular weight is 240 g/mol. The molecule has 0 aromatic rings. The standard InChI is InChI=1S/C13H24N2S/c1-5-9(6-2)10-8-14-12(16-10)15-11-7-13(11,3)4/h9-11H,5-8H2,1-4H3,(H,14,15). The van der Waals surface area contributed by atoms with Crippen molar-refractivity contribution in [2.24, 2.45) is 16.3 Å². The van der Waals surface area contributed by atoms with E-state index in [9.17, 15) is 0 Å². The highest BCUT2D eigenvalue weighted by Gasteiger charge is 2.46. The number of nitrogens with zero attached hydrogens (tertiary/aromatic N) is 1. The molecule has 1 N–H and O–H groups in total. The van der Waals surface area contributed by atoms with Crippen LogP contribution in [0.2, 0.25) is 0 Å². The van der Waals surface area contributed by atoms with Gasteiger partial charge in [0.2, 0.25) is 0 Å². The molecule has 2 rings (SSSR count). The first-order chi connectivity index (χ1) is 7.56. The van der Waals surface area contributed by atoms with Crippen LogP contribution in [-0.4, -0.2) is 23.0 Å². The fraction of sp³-hybridized carbons (Fsp3) is 0.923. The van der Waals surface area contributed by atoms with Crippen molar-refractivity contribution >= 4 is 16.9 Å². The van der Waals surface area contributed by atoms with Gasteiger partial charge in [-0.3, -0.25) is 4.99 Å². The smallest absolute Gasteiger partial charge is 0.157 e. The molecule has 2 atom stereocenters. The summed E-state index contributed by atoms with van der Waals surface area (Å²) < 4.78 is 0. The quantitative estimate of drug-likeness (QED) is 0.815. The minimum Gasteiger partial charge on any atom is -0.362 e. The predicted octanol–water partition coefficient (Wildman–Crippen LogP) is 3.28. The maximum absolute atomic E-state index is 4.65. The van der Waals surface area contributed by atoms with Crippen LogP contribution in [0.25, 0.3) is 0 Å². The number of nitrogens with one attached hydrogen (secondary N) is 1. The molecule has 92 valence electrons. The monoisotopic (exact) mass is 240 g/mol. The molecule has 2 nitrogen and oxygen atoms in total. The molecule has 1 aliphatic heterocycles. The molecule has 0 aromatic heterocycles. The molecule has 1 fully saturated rings. The zero-order valence-electron chi connectivity index (χ0n) is 10.9. The van der Waals surface area contributed by atoms with Crippen molar-refractivity contribution in [2.75, 3.05) is 6.54 Å². The van der Waals surface area contributed by atoms with E-state index in [1.165, 1.54) is 24.4 Å². The molecule has 1 aliphatic carbocycles. The van der Waals surface area contributed by atoms with Gasteiger partial charge in [-0.2, -0.15) is 0 Å². The van der Waals surface area contributed by atoms with Crippen LogP contribution in [0.1, 0.15) is 47.0 Å². The topological polar surface area (TPSA) is 24.4 Å². The Balaban J connectivity index is 1.79. The zero-order chi connectivity index (χ0) is 11.8. The molecule has 0 amide bonds. The van der Waals surface area contributed by atoms with E-state index in [0.29, 0.717) is 11.5 Å². The van der Waals surface area contributed by atoms with Gasteiger partial charge in [-0.05, 0) is 17.8 Å². The zero-order valence-corrected chi connectivity index (χ0v) is 11.7. The van der Waals surface area contributed by atoms with Gasteiger partial charge in [0, 0.05) is 11.3 Å². The number of rotatable bonds is 4. The predicted molar refractivity (Wildman–Crippen MR) is 73.1 cm³/mol. The first kappa shape index (κ1) is 12.3. The van der Waals surface area contributed by atoms with Crippen LogP contribution >= 0.6 is 11.8 Å². The molecule has 16 heavy (non-hydrogen) atoms. The Hall–Kier alpha value is -0.180. The Morgan fingerprint density at radius 3 is 2.56 bits per heavy atom. The molecular formula is C13H24N2S. The third kappa shape index (κ3) is 2.55. The lowest BCUT2D eigenvalue weighted by Crippen LogP contribution is -2.26. The highest BCUT2D eigenvalue weighted by molar-refractivity contribution is 8.14. The number of amidine groups is 1. The van der Waals surface area contributed by atoms with Crippen LogP contribution < -0.4 is 5.32 Å². The van der Waals surface area contributed by atoms with E-state index in [1.54, 1.807) is 0 Å². The Labute approximate surface area is 104 Å². The Kier molecular flexibility index (Phi) is 3.53. The molecule has 0 radical (unpaired) electrons. The second kappa shape index (κ2) is 4.59. The van der Waals surface area contributed by atoms with E-state index < -0.39 is 0 Å². The van der Waals surface area contributed by atoms with Gasteiger partial charge in [-0.15, -0.1) is 0 Å². The highest BCUT2D eigenvalue weighted by atomic mass is 32.2.